The molecule has 1 aliphatic heterocycles. The summed E-state index contributed by atoms with van der Waals surface area (Å²) in [5, 5.41) is 16.4. The van der Waals surface area contributed by atoms with Crippen molar-refractivity contribution in [2.75, 3.05) is 70.9 Å². The number of methoxy groups -OCH3 is 2. The number of carbonyl (C=O) groups is 1. The Bertz CT molecular complexity index is 1450. The van der Waals surface area contributed by atoms with Gasteiger partial charge >= 0.3 is 0 Å². The number of nitriles is 1. The zero-order valence-electron chi connectivity index (χ0n) is 23.5. The van der Waals surface area contributed by atoms with E-state index in [2.05, 4.69) is 26.6 Å². The van der Waals surface area contributed by atoms with Crippen LogP contribution in [0.1, 0.15) is 12.0 Å². The van der Waals surface area contributed by atoms with Gasteiger partial charge in [0.15, 0.2) is 0 Å². The molecule has 0 bridgehead atoms. The summed E-state index contributed by atoms with van der Waals surface area (Å²) in [6.45, 7) is 4.07. The van der Waals surface area contributed by atoms with Crippen LogP contribution in [0.3, 0.4) is 0 Å². The van der Waals surface area contributed by atoms with Crippen molar-refractivity contribution in [1.82, 2.24) is 9.88 Å². The summed E-state index contributed by atoms with van der Waals surface area (Å²) in [5.74, 6) is -0.488. The van der Waals surface area contributed by atoms with Crippen LogP contribution >= 0.6 is 11.6 Å². The maximum absolute atomic E-state index is 13.8. The highest BCUT2D eigenvalue weighted by molar-refractivity contribution is 6.31. The van der Waals surface area contributed by atoms with E-state index >= 15 is 0 Å². The molecule has 2 aromatic carbocycles. The van der Waals surface area contributed by atoms with E-state index in [9.17, 15) is 14.4 Å². The zero-order chi connectivity index (χ0) is 29.9. The Morgan fingerprint density at radius 2 is 2.05 bits per heavy atom. The SMILES string of the molecule is COCCN(CC=CC(=O)Nc1cc2c(Nc3ccc(F)c(Cl)c3)c(C#N)cnc2cc1O[C@H]1CCOC1)CCOC. The molecule has 1 atom stereocenters. The second kappa shape index (κ2) is 15.4. The Balaban J connectivity index is 1.64. The minimum Gasteiger partial charge on any atom is -0.486 e. The van der Waals surface area contributed by atoms with E-state index in [4.69, 9.17) is 30.5 Å². The lowest BCUT2D eigenvalue weighted by atomic mass is 10.1. The number of aromatic nitrogens is 1. The van der Waals surface area contributed by atoms with E-state index in [1.807, 2.05) is 0 Å². The lowest BCUT2D eigenvalue weighted by Gasteiger charge is -2.20. The molecule has 0 radical (unpaired) electrons. The summed E-state index contributed by atoms with van der Waals surface area (Å²) < 4.78 is 35.8. The molecule has 1 amide bonds. The van der Waals surface area contributed by atoms with Crippen molar-refractivity contribution in [3.05, 3.63) is 65.1 Å². The molecule has 1 aliphatic rings. The molecule has 42 heavy (non-hydrogen) atoms. The number of nitrogens with one attached hydrogen (secondary N) is 2. The number of anilines is 3. The number of nitrogens with zero attached hydrogens (tertiary/aromatic N) is 3. The van der Waals surface area contributed by atoms with E-state index in [1.165, 1.54) is 30.5 Å². The van der Waals surface area contributed by atoms with Crippen molar-refractivity contribution in [2.24, 2.45) is 0 Å². The number of halogens is 2. The molecule has 1 aromatic heterocycles. The lowest BCUT2D eigenvalue weighted by Crippen LogP contribution is -2.31. The summed E-state index contributed by atoms with van der Waals surface area (Å²) in [6.07, 6.45) is 5.21. The number of rotatable bonds is 14. The number of fused-ring (bicyclic) bond motifs is 1. The molecular formula is C30H33ClFN5O5. The Morgan fingerprint density at radius 3 is 2.71 bits per heavy atom. The second-order valence-electron chi connectivity index (χ2n) is 9.56. The van der Waals surface area contributed by atoms with Crippen molar-refractivity contribution in [3.8, 4) is 11.8 Å². The standard InChI is InChI=1S/C30H33ClFN5O5/c1-39-12-9-37(10-13-40-2)8-3-4-29(38)36-27-15-23-26(16-28(27)42-22-7-11-41-19-22)34-18-20(17-33)30(23)35-21-5-6-25(32)24(31)14-21/h3-6,14-16,18,22H,7-13,19H2,1-2H3,(H,34,35)(H,36,38)/t22-/m0/s1. The monoisotopic (exact) mass is 597 g/mol. The van der Waals surface area contributed by atoms with Gasteiger partial charge in [-0.15, -0.1) is 0 Å². The van der Waals surface area contributed by atoms with E-state index in [0.717, 1.165) is 0 Å². The fraction of sp³-hybridized carbons (Fsp3) is 0.367. The smallest absolute Gasteiger partial charge is 0.248 e. The van der Waals surface area contributed by atoms with Crippen LogP contribution in [0.25, 0.3) is 10.9 Å². The third-order valence-electron chi connectivity index (χ3n) is 6.57. The van der Waals surface area contributed by atoms with Gasteiger partial charge < -0.3 is 29.6 Å². The van der Waals surface area contributed by atoms with Gasteiger partial charge in [0.2, 0.25) is 5.91 Å². The van der Waals surface area contributed by atoms with Crippen LogP contribution in [-0.4, -0.2) is 82.2 Å². The van der Waals surface area contributed by atoms with Crippen LogP contribution in [-0.2, 0) is 19.0 Å². The second-order valence-corrected chi connectivity index (χ2v) is 9.97. The van der Waals surface area contributed by atoms with Gasteiger partial charge in [-0.1, -0.05) is 17.7 Å². The summed E-state index contributed by atoms with van der Waals surface area (Å²) in [7, 11) is 3.28. The fourth-order valence-electron chi connectivity index (χ4n) is 4.36. The summed E-state index contributed by atoms with van der Waals surface area (Å²) in [4.78, 5) is 19.6. The van der Waals surface area contributed by atoms with Crippen LogP contribution in [0.4, 0.5) is 21.5 Å². The molecule has 1 fully saturated rings. The highest BCUT2D eigenvalue weighted by atomic mass is 35.5. The fourth-order valence-corrected chi connectivity index (χ4v) is 4.54. The maximum Gasteiger partial charge on any atom is 0.248 e. The molecule has 0 saturated carbocycles. The number of hydrogen-bond acceptors (Lipinski definition) is 9. The summed E-state index contributed by atoms with van der Waals surface area (Å²) >= 11 is 5.98. The molecule has 4 rings (SSSR count). The van der Waals surface area contributed by atoms with E-state index in [0.29, 0.717) is 86.2 Å². The van der Waals surface area contributed by atoms with Crippen molar-refractivity contribution in [1.29, 1.82) is 5.26 Å². The van der Waals surface area contributed by atoms with Gasteiger partial charge in [0.1, 0.15) is 23.7 Å². The predicted molar refractivity (Wildman–Crippen MR) is 159 cm³/mol. The first kappa shape index (κ1) is 31.2. The van der Waals surface area contributed by atoms with Gasteiger partial charge in [0.25, 0.3) is 0 Å². The van der Waals surface area contributed by atoms with Crippen LogP contribution in [0.15, 0.2) is 48.7 Å². The molecule has 2 heterocycles. The van der Waals surface area contributed by atoms with Crippen molar-refractivity contribution in [3.63, 3.8) is 0 Å². The van der Waals surface area contributed by atoms with E-state index in [-0.39, 0.29) is 22.6 Å². The van der Waals surface area contributed by atoms with Gasteiger partial charge in [-0.05, 0) is 24.3 Å². The quantitative estimate of drug-likeness (QED) is 0.250. The topological polar surface area (TPSA) is 118 Å². The number of pyridine rings is 1. The summed E-state index contributed by atoms with van der Waals surface area (Å²) in [6, 6.07) is 9.74. The lowest BCUT2D eigenvalue weighted by molar-refractivity contribution is -0.111. The molecule has 12 heteroatoms. The van der Waals surface area contributed by atoms with E-state index < -0.39 is 5.82 Å². The molecule has 0 unspecified atom stereocenters. The van der Waals surface area contributed by atoms with Gasteiger partial charge in [0.05, 0.1) is 53.9 Å². The van der Waals surface area contributed by atoms with E-state index in [1.54, 1.807) is 32.4 Å². The molecule has 0 aliphatic carbocycles. The normalized spacial score (nSPS) is 14.9. The Morgan fingerprint density at radius 1 is 1.26 bits per heavy atom. The first-order chi connectivity index (χ1) is 20.4. The van der Waals surface area contributed by atoms with Crippen LogP contribution in [0.5, 0.6) is 5.75 Å². The van der Waals surface area contributed by atoms with Crippen molar-refractivity contribution < 1.29 is 28.1 Å². The largest absolute Gasteiger partial charge is 0.486 e. The first-order valence-corrected chi connectivity index (χ1v) is 13.8. The number of carbonyl (C=O) groups excluding carboxylic acids is 1. The third-order valence-corrected chi connectivity index (χ3v) is 6.86. The molecule has 3 aromatic rings. The average Bonchev–Trinajstić information content (AvgIpc) is 3.50. The maximum atomic E-state index is 13.8. The molecule has 2 N–H and O–H groups in total. The minimum atomic E-state index is -0.557. The molecule has 0 spiro atoms. The highest BCUT2D eigenvalue weighted by Crippen LogP contribution is 2.37. The molecular weight excluding hydrogens is 565 g/mol. The van der Waals surface area contributed by atoms with Crippen molar-refractivity contribution >= 4 is 45.5 Å². The zero-order valence-corrected chi connectivity index (χ0v) is 24.2. The number of benzene rings is 2. The van der Waals surface area contributed by atoms with Crippen LogP contribution in [0.2, 0.25) is 5.02 Å². The third kappa shape index (κ3) is 8.38. The Hall–Kier alpha value is -3.79. The van der Waals surface area contributed by atoms with Gasteiger partial charge in [0, 0.05) is 69.7 Å². The van der Waals surface area contributed by atoms with Gasteiger partial charge in [-0.2, -0.15) is 5.26 Å². The Kier molecular flexibility index (Phi) is 11.5. The number of ether oxygens (including phenoxy) is 4. The average molecular weight is 598 g/mol. The minimum absolute atomic E-state index is 0.0610. The molecule has 222 valence electrons. The van der Waals surface area contributed by atoms with Gasteiger partial charge in [-0.3, -0.25) is 14.7 Å². The number of amides is 1. The highest BCUT2D eigenvalue weighted by Gasteiger charge is 2.21. The summed E-state index contributed by atoms with van der Waals surface area (Å²) in [5.41, 5.74) is 2.09. The van der Waals surface area contributed by atoms with Crippen molar-refractivity contribution in [2.45, 2.75) is 12.5 Å². The first-order valence-electron chi connectivity index (χ1n) is 13.4. The molecule has 1 saturated heterocycles. The van der Waals surface area contributed by atoms with Crippen LogP contribution in [0, 0.1) is 17.1 Å². The molecule has 10 nitrogen and oxygen atoms in total. The number of hydrogen-bond donors (Lipinski definition) is 2. The van der Waals surface area contributed by atoms with Crippen LogP contribution < -0.4 is 15.4 Å². The Labute approximate surface area is 249 Å². The predicted octanol–water partition coefficient (Wildman–Crippen LogP) is 4.90. The van der Waals surface area contributed by atoms with Gasteiger partial charge in [-0.25, -0.2) is 4.39 Å².